The van der Waals surface area contributed by atoms with Gasteiger partial charge in [-0.05, 0) is 37.2 Å². The van der Waals surface area contributed by atoms with Gasteiger partial charge in [0.25, 0.3) is 0 Å². The Morgan fingerprint density at radius 1 is 1.15 bits per heavy atom. The van der Waals surface area contributed by atoms with Gasteiger partial charge in [0, 0.05) is 31.1 Å². The summed E-state index contributed by atoms with van der Waals surface area (Å²) in [6.45, 7) is 2.24. The third kappa shape index (κ3) is 2.47. The van der Waals surface area contributed by atoms with Crippen molar-refractivity contribution in [3.05, 3.63) is 35.9 Å². The zero-order valence-corrected chi connectivity index (χ0v) is 11.8. The minimum atomic E-state index is 0.215. The average molecular weight is 270 g/mol. The largest absolute Gasteiger partial charge is 0.352 e. The van der Waals surface area contributed by atoms with E-state index in [1.165, 1.54) is 24.9 Å². The van der Waals surface area contributed by atoms with Gasteiger partial charge in [-0.3, -0.25) is 9.69 Å². The Labute approximate surface area is 120 Å². The molecule has 1 saturated heterocycles. The molecule has 0 spiro atoms. The smallest absolute Gasteiger partial charge is 0.224 e. The molecule has 4 rings (SSSR count). The van der Waals surface area contributed by atoms with Gasteiger partial charge in [0.1, 0.15) is 0 Å². The van der Waals surface area contributed by atoms with Gasteiger partial charge in [-0.2, -0.15) is 0 Å². The molecule has 0 bridgehead atoms. The van der Waals surface area contributed by atoms with Gasteiger partial charge in [-0.15, -0.1) is 0 Å². The van der Waals surface area contributed by atoms with Crippen LogP contribution in [0.4, 0.5) is 0 Å². The van der Waals surface area contributed by atoms with Gasteiger partial charge in [0.05, 0.1) is 0 Å². The van der Waals surface area contributed by atoms with Crippen LogP contribution in [0.3, 0.4) is 0 Å². The SMILES string of the molecule is O=C(N[C@@H]1CCN(C2CC2)C1)[C@H]1C[C@H]1c1ccccc1. The highest BCUT2D eigenvalue weighted by molar-refractivity contribution is 5.83. The second kappa shape index (κ2) is 4.88. The van der Waals surface area contributed by atoms with Crippen LogP contribution in [0.15, 0.2) is 30.3 Å². The van der Waals surface area contributed by atoms with Crippen molar-refractivity contribution in [2.75, 3.05) is 13.1 Å². The maximum Gasteiger partial charge on any atom is 0.224 e. The lowest BCUT2D eigenvalue weighted by Crippen LogP contribution is -2.38. The number of rotatable bonds is 4. The minimum Gasteiger partial charge on any atom is -0.352 e. The number of likely N-dealkylation sites (tertiary alicyclic amines) is 1. The standard InChI is InChI=1S/C17H22N2O/c20-17(16-10-15(16)12-4-2-1-3-5-12)18-13-8-9-19(11-13)14-6-7-14/h1-5,13-16H,6-11H2,(H,18,20)/t13-,15+,16+/m1/s1. The molecule has 3 aliphatic rings. The topological polar surface area (TPSA) is 32.3 Å². The number of carbonyl (C=O) groups excluding carboxylic acids is 1. The van der Waals surface area contributed by atoms with E-state index in [-0.39, 0.29) is 11.8 Å². The van der Waals surface area contributed by atoms with E-state index >= 15 is 0 Å². The first-order valence-corrected chi connectivity index (χ1v) is 7.90. The molecule has 2 aliphatic carbocycles. The molecule has 1 aromatic rings. The molecule has 0 radical (unpaired) electrons. The van der Waals surface area contributed by atoms with Crippen molar-refractivity contribution >= 4 is 5.91 Å². The maximum absolute atomic E-state index is 12.3. The number of benzene rings is 1. The second-order valence-corrected chi connectivity index (χ2v) is 6.58. The zero-order valence-electron chi connectivity index (χ0n) is 11.8. The Hall–Kier alpha value is -1.35. The molecule has 1 aliphatic heterocycles. The van der Waals surface area contributed by atoms with Gasteiger partial charge in [-0.1, -0.05) is 30.3 Å². The van der Waals surface area contributed by atoms with E-state index in [1.807, 2.05) is 6.07 Å². The number of hydrogen-bond donors (Lipinski definition) is 1. The fourth-order valence-electron chi connectivity index (χ4n) is 3.54. The van der Waals surface area contributed by atoms with Crippen LogP contribution in [0.1, 0.15) is 37.2 Å². The van der Waals surface area contributed by atoms with Crippen molar-refractivity contribution in [3.8, 4) is 0 Å². The lowest BCUT2D eigenvalue weighted by Gasteiger charge is -2.15. The predicted octanol–water partition coefficient (Wildman–Crippen LogP) is 2.14. The first-order valence-electron chi connectivity index (χ1n) is 7.90. The van der Waals surface area contributed by atoms with Gasteiger partial charge in [-0.25, -0.2) is 0 Å². The van der Waals surface area contributed by atoms with E-state index in [1.54, 1.807) is 0 Å². The quantitative estimate of drug-likeness (QED) is 0.909. The van der Waals surface area contributed by atoms with Crippen LogP contribution < -0.4 is 5.32 Å². The molecule has 2 saturated carbocycles. The lowest BCUT2D eigenvalue weighted by molar-refractivity contribution is -0.123. The summed E-state index contributed by atoms with van der Waals surface area (Å²) in [7, 11) is 0. The Kier molecular flexibility index (Phi) is 3.03. The van der Waals surface area contributed by atoms with Gasteiger partial charge in [0.2, 0.25) is 5.91 Å². The number of nitrogens with zero attached hydrogens (tertiary/aromatic N) is 1. The van der Waals surface area contributed by atoms with Crippen LogP contribution in [-0.4, -0.2) is 36.0 Å². The Morgan fingerprint density at radius 3 is 2.70 bits per heavy atom. The van der Waals surface area contributed by atoms with Crippen molar-refractivity contribution in [3.63, 3.8) is 0 Å². The molecule has 106 valence electrons. The van der Waals surface area contributed by atoms with E-state index in [4.69, 9.17) is 0 Å². The van der Waals surface area contributed by atoms with Crippen molar-refractivity contribution in [1.29, 1.82) is 0 Å². The normalized spacial score (nSPS) is 33.1. The first-order chi connectivity index (χ1) is 9.81. The first kappa shape index (κ1) is 12.4. The van der Waals surface area contributed by atoms with Crippen molar-refractivity contribution in [2.45, 2.75) is 43.7 Å². The van der Waals surface area contributed by atoms with E-state index in [9.17, 15) is 4.79 Å². The van der Waals surface area contributed by atoms with Crippen LogP contribution in [-0.2, 0) is 4.79 Å². The summed E-state index contributed by atoms with van der Waals surface area (Å²) < 4.78 is 0. The van der Waals surface area contributed by atoms with Crippen molar-refractivity contribution in [2.24, 2.45) is 5.92 Å². The van der Waals surface area contributed by atoms with Gasteiger partial charge in [0.15, 0.2) is 0 Å². The van der Waals surface area contributed by atoms with Crippen LogP contribution in [0, 0.1) is 5.92 Å². The molecular formula is C17H22N2O. The molecule has 1 heterocycles. The molecule has 0 aromatic heterocycles. The Morgan fingerprint density at radius 2 is 1.95 bits per heavy atom. The predicted molar refractivity (Wildman–Crippen MR) is 78.4 cm³/mol. The van der Waals surface area contributed by atoms with E-state index in [0.717, 1.165) is 25.4 Å². The molecule has 3 nitrogen and oxygen atoms in total. The molecule has 3 fully saturated rings. The number of nitrogens with one attached hydrogen (secondary N) is 1. The lowest BCUT2D eigenvalue weighted by atomic mass is 10.1. The summed E-state index contributed by atoms with van der Waals surface area (Å²) in [4.78, 5) is 14.9. The summed E-state index contributed by atoms with van der Waals surface area (Å²) >= 11 is 0. The number of carbonyl (C=O) groups is 1. The molecule has 20 heavy (non-hydrogen) atoms. The minimum absolute atomic E-state index is 0.215. The van der Waals surface area contributed by atoms with E-state index in [0.29, 0.717) is 12.0 Å². The number of hydrogen-bond acceptors (Lipinski definition) is 2. The molecular weight excluding hydrogens is 248 g/mol. The van der Waals surface area contributed by atoms with E-state index in [2.05, 4.69) is 34.5 Å². The highest BCUT2D eigenvalue weighted by atomic mass is 16.2. The Bertz CT molecular complexity index is 497. The van der Waals surface area contributed by atoms with Gasteiger partial charge >= 0.3 is 0 Å². The highest BCUT2D eigenvalue weighted by Gasteiger charge is 2.45. The third-order valence-corrected chi connectivity index (χ3v) is 4.98. The third-order valence-electron chi connectivity index (χ3n) is 4.98. The van der Waals surface area contributed by atoms with Crippen LogP contribution in [0.5, 0.6) is 0 Å². The zero-order chi connectivity index (χ0) is 13.5. The van der Waals surface area contributed by atoms with Crippen LogP contribution >= 0.6 is 0 Å². The second-order valence-electron chi connectivity index (χ2n) is 6.58. The summed E-state index contributed by atoms with van der Waals surface area (Å²) in [6, 6.07) is 11.7. The van der Waals surface area contributed by atoms with Gasteiger partial charge < -0.3 is 5.32 Å². The maximum atomic E-state index is 12.3. The van der Waals surface area contributed by atoms with E-state index < -0.39 is 0 Å². The fraction of sp³-hybridized carbons (Fsp3) is 0.588. The summed E-state index contributed by atoms with van der Waals surface area (Å²) in [6.07, 6.45) is 4.87. The van der Waals surface area contributed by atoms with Crippen molar-refractivity contribution in [1.82, 2.24) is 10.2 Å². The highest BCUT2D eigenvalue weighted by Crippen LogP contribution is 2.47. The summed E-state index contributed by atoms with van der Waals surface area (Å²) in [5.74, 6) is 0.950. The number of amides is 1. The molecule has 1 aromatic carbocycles. The fourth-order valence-corrected chi connectivity index (χ4v) is 3.54. The summed E-state index contributed by atoms with van der Waals surface area (Å²) in [5, 5.41) is 3.27. The summed E-state index contributed by atoms with van der Waals surface area (Å²) in [5.41, 5.74) is 1.32. The molecule has 0 unspecified atom stereocenters. The molecule has 1 amide bonds. The Balaban J connectivity index is 1.29. The average Bonchev–Trinajstić information content (AvgIpc) is 3.39. The molecule has 3 atom stereocenters. The molecule has 3 heteroatoms. The molecule has 1 N–H and O–H groups in total. The van der Waals surface area contributed by atoms with Crippen molar-refractivity contribution < 1.29 is 4.79 Å². The van der Waals surface area contributed by atoms with Crippen LogP contribution in [0.25, 0.3) is 0 Å². The monoisotopic (exact) mass is 270 g/mol. The van der Waals surface area contributed by atoms with Crippen LogP contribution in [0.2, 0.25) is 0 Å².